The largest absolute Gasteiger partial charge is 0.288 e. The molecule has 0 fully saturated rings. The molecule has 0 aromatic carbocycles. The van der Waals surface area contributed by atoms with Crippen molar-refractivity contribution in [1.82, 2.24) is 9.97 Å². The molecule has 0 saturated heterocycles. The second-order valence-electron chi connectivity index (χ2n) is 3.38. The molecule has 0 aliphatic heterocycles. The van der Waals surface area contributed by atoms with E-state index in [0.29, 0.717) is 5.56 Å². The van der Waals surface area contributed by atoms with Crippen LogP contribution in [0.25, 0.3) is 0 Å². The van der Waals surface area contributed by atoms with E-state index in [9.17, 15) is 9.18 Å². The number of rotatable bonds is 2. The molecule has 2 aromatic heterocycles. The second kappa shape index (κ2) is 4.18. The van der Waals surface area contributed by atoms with Crippen molar-refractivity contribution < 1.29 is 9.18 Å². The molecule has 0 amide bonds. The minimum absolute atomic E-state index is 0.0318. The lowest BCUT2D eigenvalue weighted by Crippen LogP contribution is -2.06. The minimum Gasteiger partial charge on any atom is -0.288 e. The van der Waals surface area contributed by atoms with E-state index < -0.39 is 5.82 Å². The lowest BCUT2D eigenvalue weighted by molar-refractivity contribution is 0.103. The molecule has 0 aliphatic carbocycles. The number of ketones is 1. The summed E-state index contributed by atoms with van der Waals surface area (Å²) >= 11 is 0. The standard InChI is InChI=1S/C12H9FN2O/c1-8-6-14-4-2-9(8)12(16)10-3-5-15-7-11(10)13/h2-7H,1H3. The van der Waals surface area contributed by atoms with Gasteiger partial charge in [0, 0.05) is 24.2 Å². The highest BCUT2D eigenvalue weighted by Gasteiger charge is 2.15. The zero-order chi connectivity index (χ0) is 11.5. The van der Waals surface area contributed by atoms with Crippen LogP contribution in [0.4, 0.5) is 4.39 Å². The molecule has 4 heteroatoms. The Balaban J connectivity index is 2.48. The van der Waals surface area contributed by atoms with Crippen molar-refractivity contribution in [2.24, 2.45) is 0 Å². The van der Waals surface area contributed by atoms with Gasteiger partial charge in [0.25, 0.3) is 0 Å². The number of aromatic nitrogens is 2. The quantitative estimate of drug-likeness (QED) is 0.722. The van der Waals surface area contributed by atoms with Crippen LogP contribution in [0.15, 0.2) is 36.9 Å². The van der Waals surface area contributed by atoms with Gasteiger partial charge in [0.2, 0.25) is 0 Å². The summed E-state index contributed by atoms with van der Waals surface area (Å²) in [5.41, 5.74) is 1.22. The van der Waals surface area contributed by atoms with Crippen LogP contribution in [-0.2, 0) is 0 Å². The fraction of sp³-hybridized carbons (Fsp3) is 0.0833. The number of hydrogen-bond donors (Lipinski definition) is 0. The predicted octanol–water partition coefficient (Wildman–Crippen LogP) is 2.16. The third-order valence-corrected chi connectivity index (χ3v) is 2.28. The van der Waals surface area contributed by atoms with Crippen LogP contribution in [0.3, 0.4) is 0 Å². The van der Waals surface area contributed by atoms with Crippen LogP contribution in [0.1, 0.15) is 21.5 Å². The number of halogens is 1. The van der Waals surface area contributed by atoms with Crippen LogP contribution in [0, 0.1) is 12.7 Å². The molecule has 0 spiro atoms. The zero-order valence-electron chi connectivity index (χ0n) is 8.64. The average molecular weight is 216 g/mol. The molecule has 0 radical (unpaired) electrons. The fourth-order valence-electron chi connectivity index (χ4n) is 1.43. The molecule has 3 nitrogen and oxygen atoms in total. The number of aryl methyl sites for hydroxylation is 1. The molecule has 0 N–H and O–H groups in total. The Morgan fingerprint density at radius 3 is 2.38 bits per heavy atom. The van der Waals surface area contributed by atoms with Gasteiger partial charge in [-0.3, -0.25) is 14.8 Å². The molecule has 0 unspecified atom stereocenters. The van der Waals surface area contributed by atoms with Gasteiger partial charge in [0.15, 0.2) is 11.6 Å². The first-order valence-electron chi connectivity index (χ1n) is 4.75. The molecular formula is C12H9FN2O. The second-order valence-corrected chi connectivity index (χ2v) is 3.38. The van der Waals surface area contributed by atoms with E-state index in [1.807, 2.05) is 0 Å². The molecule has 2 aromatic rings. The molecule has 2 heterocycles. The highest BCUT2D eigenvalue weighted by Crippen LogP contribution is 2.14. The molecule has 0 atom stereocenters. The Morgan fingerprint density at radius 1 is 1.12 bits per heavy atom. The lowest BCUT2D eigenvalue weighted by Gasteiger charge is -2.04. The Kier molecular flexibility index (Phi) is 2.72. The summed E-state index contributed by atoms with van der Waals surface area (Å²) in [6, 6.07) is 2.95. The Labute approximate surface area is 92.0 Å². The summed E-state index contributed by atoms with van der Waals surface area (Å²) in [5.74, 6) is -0.955. The zero-order valence-corrected chi connectivity index (χ0v) is 8.64. The van der Waals surface area contributed by atoms with E-state index in [4.69, 9.17) is 0 Å². The summed E-state index contributed by atoms with van der Waals surface area (Å²) in [7, 11) is 0. The van der Waals surface area contributed by atoms with E-state index >= 15 is 0 Å². The van der Waals surface area contributed by atoms with Crippen molar-refractivity contribution in [3.05, 3.63) is 59.4 Å². The maximum absolute atomic E-state index is 13.4. The normalized spacial score (nSPS) is 10.1. The first-order chi connectivity index (χ1) is 7.70. The summed E-state index contributed by atoms with van der Waals surface area (Å²) in [5, 5.41) is 0. The molecule has 0 saturated carbocycles. The van der Waals surface area contributed by atoms with Gasteiger partial charge < -0.3 is 0 Å². The van der Waals surface area contributed by atoms with Crippen molar-refractivity contribution in [3.8, 4) is 0 Å². The highest BCUT2D eigenvalue weighted by atomic mass is 19.1. The van der Waals surface area contributed by atoms with E-state index in [2.05, 4.69) is 9.97 Å². The van der Waals surface area contributed by atoms with Gasteiger partial charge in [-0.25, -0.2) is 4.39 Å². The van der Waals surface area contributed by atoms with Gasteiger partial charge in [0.05, 0.1) is 11.8 Å². The van der Waals surface area contributed by atoms with Crippen molar-refractivity contribution in [3.63, 3.8) is 0 Å². The maximum atomic E-state index is 13.4. The summed E-state index contributed by atoms with van der Waals surface area (Å²) in [6.45, 7) is 1.76. The Hall–Kier alpha value is -2.10. The molecule has 80 valence electrons. The Morgan fingerprint density at radius 2 is 1.75 bits per heavy atom. The summed E-state index contributed by atoms with van der Waals surface area (Å²) in [4.78, 5) is 19.5. The predicted molar refractivity (Wildman–Crippen MR) is 56.6 cm³/mol. The molecule has 0 aliphatic rings. The SMILES string of the molecule is Cc1cnccc1C(=O)c1ccncc1F. The van der Waals surface area contributed by atoms with Crippen LogP contribution < -0.4 is 0 Å². The smallest absolute Gasteiger partial charge is 0.196 e. The minimum atomic E-state index is -0.608. The third kappa shape index (κ3) is 1.82. The van der Waals surface area contributed by atoms with Gasteiger partial charge >= 0.3 is 0 Å². The van der Waals surface area contributed by atoms with Gasteiger partial charge in [-0.2, -0.15) is 0 Å². The first kappa shape index (κ1) is 10.4. The number of hydrogen-bond acceptors (Lipinski definition) is 3. The van der Waals surface area contributed by atoms with Crippen LogP contribution in [0.5, 0.6) is 0 Å². The van der Waals surface area contributed by atoms with E-state index in [0.717, 1.165) is 11.8 Å². The van der Waals surface area contributed by atoms with Gasteiger partial charge in [-0.15, -0.1) is 0 Å². The lowest BCUT2D eigenvalue weighted by atomic mass is 10.0. The summed E-state index contributed by atoms with van der Waals surface area (Å²) in [6.07, 6.45) is 5.52. The molecule has 2 rings (SSSR count). The molecule has 0 bridgehead atoms. The van der Waals surface area contributed by atoms with Gasteiger partial charge in [-0.1, -0.05) is 0 Å². The fourth-order valence-corrected chi connectivity index (χ4v) is 1.43. The van der Waals surface area contributed by atoms with Gasteiger partial charge in [0.1, 0.15) is 0 Å². The van der Waals surface area contributed by atoms with Crippen molar-refractivity contribution in [2.45, 2.75) is 6.92 Å². The number of carbonyl (C=O) groups is 1. The number of carbonyl (C=O) groups excluding carboxylic acids is 1. The van der Waals surface area contributed by atoms with E-state index in [1.54, 1.807) is 19.2 Å². The van der Waals surface area contributed by atoms with Crippen LogP contribution in [-0.4, -0.2) is 15.8 Å². The third-order valence-electron chi connectivity index (χ3n) is 2.28. The van der Waals surface area contributed by atoms with Crippen molar-refractivity contribution in [2.75, 3.05) is 0 Å². The van der Waals surface area contributed by atoms with E-state index in [-0.39, 0.29) is 11.3 Å². The monoisotopic (exact) mass is 216 g/mol. The van der Waals surface area contributed by atoms with Gasteiger partial charge in [-0.05, 0) is 24.6 Å². The molecule has 16 heavy (non-hydrogen) atoms. The summed E-state index contributed by atoms with van der Waals surface area (Å²) < 4.78 is 13.4. The average Bonchev–Trinajstić information content (AvgIpc) is 2.29. The molecular weight excluding hydrogens is 207 g/mol. The number of pyridine rings is 2. The van der Waals surface area contributed by atoms with E-state index in [1.165, 1.54) is 18.5 Å². The number of nitrogens with zero attached hydrogens (tertiary/aromatic N) is 2. The first-order valence-corrected chi connectivity index (χ1v) is 4.75. The highest BCUT2D eigenvalue weighted by molar-refractivity contribution is 6.09. The van der Waals surface area contributed by atoms with Crippen molar-refractivity contribution >= 4 is 5.78 Å². The maximum Gasteiger partial charge on any atom is 0.196 e. The Bertz CT molecular complexity index is 493. The van der Waals surface area contributed by atoms with Crippen LogP contribution >= 0.6 is 0 Å². The topological polar surface area (TPSA) is 42.9 Å². The van der Waals surface area contributed by atoms with Crippen LogP contribution in [0.2, 0.25) is 0 Å². The van der Waals surface area contributed by atoms with Crippen molar-refractivity contribution in [1.29, 1.82) is 0 Å².